The number of ether oxygens (including phenoxy) is 2. The fraction of sp³-hybridized carbons (Fsp3) is 0.211. The molecule has 6 nitrogen and oxygen atoms in total. The van der Waals surface area contributed by atoms with Crippen molar-refractivity contribution in [3.8, 4) is 17.1 Å². The first-order valence-electron chi connectivity index (χ1n) is 7.96. The van der Waals surface area contributed by atoms with Crippen molar-refractivity contribution < 1.29 is 18.8 Å². The molecule has 0 radical (unpaired) electrons. The molecule has 0 N–H and O–H groups in total. The zero-order valence-electron chi connectivity index (χ0n) is 14.1. The molecule has 0 aliphatic carbocycles. The van der Waals surface area contributed by atoms with Gasteiger partial charge < -0.3 is 14.0 Å². The molecule has 0 saturated heterocycles. The summed E-state index contributed by atoms with van der Waals surface area (Å²) in [4.78, 5) is 16.3. The van der Waals surface area contributed by atoms with E-state index in [2.05, 4.69) is 10.1 Å². The first-order valence-corrected chi connectivity index (χ1v) is 7.96. The van der Waals surface area contributed by atoms with Gasteiger partial charge in [-0.2, -0.15) is 4.98 Å². The number of hydrogen-bond donors (Lipinski definition) is 0. The molecule has 0 atom stereocenters. The number of esters is 1. The first kappa shape index (κ1) is 16.7. The van der Waals surface area contributed by atoms with Crippen molar-refractivity contribution >= 4 is 5.97 Å². The number of carbonyl (C=O) groups excluding carboxylic acids is 1. The summed E-state index contributed by atoms with van der Waals surface area (Å²) in [6, 6.07) is 14.5. The highest BCUT2D eigenvalue weighted by Crippen LogP contribution is 2.20. The average molecular weight is 338 g/mol. The van der Waals surface area contributed by atoms with Gasteiger partial charge in [0.15, 0.2) is 6.61 Å². The molecule has 0 unspecified atom stereocenters. The summed E-state index contributed by atoms with van der Waals surface area (Å²) in [5.41, 5.74) is 2.36. The third kappa shape index (κ3) is 4.03. The lowest BCUT2D eigenvalue weighted by Crippen LogP contribution is -2.05. The zero-order chi connectivity index (χ0) is 17.6. The minimum absolute atomic E-state index is 0.0784. The number of hydrogen-bond acceptors (Lipinski definition) is 6. The van der Waals surface area contributed by atoms with E-state index in [0.717, 1.165) is 11.1 Å². The van der Waals surface area contributed by atoms with Crippen LogP contribution in [0.1, 0.15) is 28.7 Å². The Hall–Kier alpha value is -3.15. The normalized spacial score (nSPS) is 10.5. The average Bonchev–Trinajstić information content (AvgIpc) is 3.10. The van der Waals surface area contributed by atoms with Crippen LogP contribution >= 0.6 is 0 Å². The molecular weight excluding hydrogens is 320 g/mol. The second-order valence-corrected chi connectivity index (χ2v) is 5.36. The van der Waals surface area contributed by atoms with Crippen molar-refractivity contribution in [2.24, 2.45) is 0 Å². The van der Waals surface area contributed by atoms with Gasteiger partial charge in [0.2, 0.25) is 5.82 Å². The second kappa shape index (κ2) is 7.61. The SMILES string of the molecule is CCOc1ccc(C(=O)OCc2nc(-c3ccccc3C)no2)cc1. The van der Waals surface area contributed by atoms with E-state index < -0.39 is 5.97 Å². The Morgan fingerprint density at radius 3 is 2.60 bits per heavy atom. The second-order valence-electron chi connectivity index (χ2n) is 5.36. The number of aromatic nitrogens is 2. The molecule has 0 aliphatic rings. The Morgan fingerprint density at radius 2 is 1.88 bits per heavy atom. The summed E-state index contributed by atoms with van der Waals surface area (Å²) < 4.78 is 15.7. The van der Waals surface area contributed by atoms with Gasteiger partial charge in [0.05, 0.1) is 12.2 Å². The topological polar surface area (TPSA) is 74.5 Å². The van der Waals surface area contributed by atoms with E-state index in [9.17, 15) is 4.79 Å². The van der Waals surface area contributed by atoms with Gasteiger partial charge in [-0.3, -0.25) is 0 Å². The van der Waals surface area contributed by atoms with Crippen molar-refractivity contribution in [1.82, 2.24) is 10.1 Å². The smallest absolute Gasteiger partial charge is 0.338 e. The van der Waals surface area contributed by atoms with E-state index in [0.29, 0.717) is 23.7 Å². The van der Waals surface area contributed by atoms with Crippen LogP contribution in [0, 0.1) is 6.92 Å². The summed E-state index contributed by atoms with van der Waals surface area (Å²) in [7, 11) is 0. The van der Waals surface area contributed by atoms with Crippen LogP contribution in [-0.2, 0) is 11.3 Å². The van der Waals surface area contributed by atoms with Gasteiger partial charge in [-0.15, -0.1) is 0 Å². The minimum atomic E-state index is -0.460. The number of aryl methyl sites for hydroxylation is 1. The number of benzene rings is 2. The van der Waals surface area contributed by atoms with E-state index in [1.54, 1.807) is 24.3 Å². The highest BCUT2D eigenvalue weighted by atomic mass is 16.6. The molecule has 3 rings (SSSR count). The Morgan fingerprint density at radius 1 is 1.12 bits per heavy atom. The Balaban J connectivity index is 1.62. The van der Waals surface area contributed by atoms with Crippen LogP contribution in [0.3, 0.4) is 0 Å². The van der Waals surface area contributed by atoms with Crippen molar-refractivity contribution in [2.75, 3.05) is 6.61 Å². The fourth-order valence-corrected chi connectivity index (χ4v) is 2.31. The van der Waals surface area contributed by atoms with Gasteiger partial charge in [-0.25, -0.2) is 4.79 Å². The molecule has 128 valence electrons. The Bertz CT molecular complexity index is 856. The molecule has 3 aromatic rings. The van der Waals surface area contributed by atoms with Crippen LogP contribution in [0.5, 0.6) is 5.75 Å². The van der Waals surface area contributed by atoms with E-state index in [1.165, 1.54) is 0 Å². The van der Waals surface area contributed by atoms with Gasteiger partial charge in [-0.05, 0) is 43.7 Å². The molecular formula is C19H18N2O4. The largest absolute Gasteiger partial charge is 0.494 e. The summed E-state index contributed by atoms with van der Waals surface area (Å²) >= 11 is 0. The maximum absolute atomic E-state index is 12.1. The molecule has 0 saturated carbocycles. The monoisotopic (exact) mass is 338 g/mol. The maximum Gasteiger partial charge on any atom is 0.338 e. The molecule has 2 aromatic carbocycles. The Kier molecular flexibility index (Phi) is 5.09. The van der Waals surface area contributed by atoms with Gasteiger partial charge in [0.1, 0.15) is 5.75 Å². The van der Waals surface area contributed by atoms with E-state index in [4.69, 9.17) is 14.0 Å². The van der Waals surface area contributed by atoms with E-state index in [1.807, 2.05) is 38.1 Å². The molecule has 0 aliphatic heterocycles. The van der Waals surface area contributed by atoms with Crippen LogP contribution in [0.2, 0.25) is 0 Å². The first-order chi connectivity index (χ1) is 12.2. The van der Waals surface area contributed by atoms with Crippen molar-refractivity contribution in [3.63, 3.8) is 0 Å². The van der Waals surface area contributed by atoms with Crippen molar-refractivity contribution in [2.45, 2.75) is 20.5 Å². The van der Waals surface area contributed by atoms with Crippen LogP contribution in [-0.4, -0.2) is 22.7 Å². The summed E-state index contributed by atoms with van der Waals surface area (Å²) in [6.45, 7) is 4.37. The molecule has 0 spiro atoms. The number of rotatable bonds is 6. The van der Waals surface area contributed by atoms with Gasteiger partial charge in [-0.1, -0.05) is 29.4 Å². The quantitative estimate of drug-likeness (QED) is 0.636. The molecule has 1 aromatic heterocycles. The summed E-state index contributed by atoms with van der Waals surface area (Å²) in [6.07, 6.45) is 0. The van der Waals surface area contributed by atoms with Gasteiger partial charge >= 0.3 is 5.97 Å². The standard InChI is InChI=1S/C19H18N2O4/c1-3-23-15-10-8-14(9-11-15)19(22)24-12-17-20-18(21-25-17)16-7-5-4-6-13(16)2/h4-11H,3,12H2,1-2H3. The van der Waals surface area contributed by atoms with Crippen LogP contribution in [0.25, 0.3) is 11.4 Å². The molecule has 0 amide bonds. The summed E-state index contributed by atoms with van der Waals surface area (Å²) in [5.74, 6) is 0.972. The van der Waals surface area contributed by atoms with Crippen LogP contribution < -0.4 is 4.74 Å². The molecule has 0 bridgehead atoms. The summed E-state index contributed by atoms with van der Waals surface area (Å²) in [5, 5.41) is 3.94. The van der Waals surface area contributed by atoms with Crippen LogP contribution in [0.15, 0.2) is 53.1 Å². The van der Waals surface area contributed by atoms with Crippen LogP contribution in [0.4, 0.5) is 0 Å². The van der Waals surface area contributed by atoms with Gasteiger partial charge in [0, 0.05) is 5.56 Å². The zero-order valence-corrected chi connectivity index (χ0v) is 14.1. The molecule has 0 fully saturated rings. The predicted molar refractivity (Wildman–Crippen MR) is 91.2 cm³/mol. The number of carbonyl (C=O) groups is 1. The third-order valence-corrected chi connectivity index (χ3v) is 3.58. The van der Waals surface area contributed by atoms with E-state index >= 15 is 0 Å². The fourth-order valence-electron chi connectivity index (χ4n) is 2.31. The predicted octanol–water partition coefficient (Wildman–Crippen LogP) is 3.80. The lowest BCUT2D eigenvalue weighted by molar-refractivity contribution is 0.0430. The van der Waals surface area contributed by atoms with Crippen molar-refractivity contribution in [1.29, 1.82) is 0 Å². The van der Waals surface area contributed by atoms with Gasteiger partial charge in [0.25, 0.3) is 5.89 Å². The minimum Gasteiger partial charge on any atom is -0.494 e. The highest BCUT2D eigenvalue weighted by molar-refractivity contribution is 5.89. The molecule has 1 heterocycles. The maximum atomic E-state index is 12.1. The lowest BCUT2D eigenvalue weighted by Gasteiger charge is -2.04. The Labute approximate surface area is 145 Å². The van der Waals surface area contributed by atoms with Crippen molar-refractivity contribution in [3.05, 3.63) is 65.5 Å². The number of nitrogens with zero attached hydrogens (tertiary/aromatic N) is 2. The molecule has 6 heteroatoms. The third-order valence-electron chi connectivity index (χ3n) is 3.58. The van der Waals surface area contributed by atoms with E-state index in [-0.39, 0.29) is 12.5 Å². The molecule has 25 heavy (non-hydrogen) atoms. The lowest BCUT2D eigenvalue weighted by atomic mass is 10.1. The highest BCUT2D eigenvalue weighted by Gasteiger charge is 2.13.